The lowest BCUT2D eigenvalue weighted by Gasteiger charge is -2.17. The second-order valence-corrected chi connectivity index (χ2v) is 6.93. The van der Waals surface area contributed by atoms with Gasteiger partial charge in [0.25, 0.3) is 0 Å². The predicted molar refractivity (Wildman–Crippen MR) is 92.0 cm³/mol. The summed E-state index contributed by atoms with van der Waals surface area (Å²) in [6, 6.07) is 11.9. The molecule has 0 amide bonds. The zero-order valence-corrected chi connectivity index (χ0v) is 15.0. The molecule has 21 heavy (non-hydrogen) atoms. The SMILES string of the molecule is Clc1cc2c(cc1C(Br)c1ccccc1Br)OCCCO2. The second-order valence-electron chi connectivity index (χ2n) is 4.76. The molecular weight excluding hydrogens is 419 g/mol. The van der Waals surface area contributed by atoms with E-state index in [-0.39, 0.29) is 4.83 Å². The molecule has 0 saturated carbocycles. The molecule has 0 aliphatic carbocycles. The average Bonchev–Trinajstić information content (AvgIpc) is 2.71. The number of alkyl halides is 1. The van der Waals surface area contributed by atoms with Crippen molar-refractivity contribution in [1.82, 2.24) is 0 Å². The van der Waals surface area contributed by atoms with E-state index in [1.54, 1.807) is 0 Å². The summed E-state index contributed by atoms with van der Waals surface area (Å²) in [5.74, 6) is 1.47. The van der Waals surface area contributed by atoms with Gasteiger partial charge < -0.3 is 9.47 Å². The first-order valence-corrected chi connectivity index (χ1v) is 8.73. The van der Waals surface area contributed by atoms with E-state index in [1.807, 2.05) is 30.3 Å². The molecule has 0 saturated heterocycles. The minimum Gasteiger partial charge on any atom is -0.490 e. The summed E-state index contributed by atoms with van der Waals surface area (Å²) in [5.41, 5.74) is 2.08. The predicted octanol–water partition coefficient (Wildman–Crippen LogP) is 5.75. The topological polar surface area (TPSA) is 18.5 Å². The van der Waals surface area contributed by atoms with E-state index in [0.29, 0.717) is 24.0 Å². The number of hydrogen-bond acceptors (Lipinski definition) is 2. The van der Waals surface area contributed by atoms with E-state index in [1.165, 1.54) is 0 Å². The van der Waals surface area contributed by atoms with Gasteiger partial charge >= 0.3 is 0 Å². The molecule has 0 radical (unpaired) electrons. The third kappa shape index (κ3) is 3.22. The number of fused-ring (bicyclic) bond motifs is 1. The maximum Gasteiger partial charge on any atom is 0.162 e. The van der Waals surface area contributed by atoms with Crippen molar-refractivity contribution in [1.29, 1.82) is 0 Å². The largest absolute Gasteiger partial charge is 0.490 e. The van der Waals surface area contributed by atoms with Gasteiger partial charge in [-0.2, -0.15) is 0 Å². The highest BCUT2D eigenvalue weighted by molar-refractivity contribution is 9.11. The standard InChI is InChI=1S/C16H13Br2ClO2/c17-12-5-2-1-4-10(12)16(18)11-8-14-15(9-13(11)19)21-7-3-6-20-14/h1-2,4-5,8-9,16H,3,6-7H2. The summed E-state index contributed by atoms with van der Waals surface area (Å²) >= 11 is 13.7. The van der Waals surface area contributed by atoms with Gasteiger partial charge in [-0.3, -0.25) is 0 Å². The van der Waals surface area contributed by atoms with Gasteiger partial charge in [-0.1, -0.05) is 61.7 Å². The van der Waals surface area contributed by atoms with Gasteiger partial charge in [-0.25, -0.2) is 0 Å². The lowest BCUT2D eigenvalue weighted by atomic mass is 10.0. The monoisotopic (exact) mass is 430 g/mol. The van der Waals surface area contributed by atoms with Crippen LogP contribution in [-0.4, -0.2) is 13.2 Å². The summed E-state index contributed by atoms with van der Waals surface area (Å²) < 4.78 is 12.4. The van der Waals surface area contributed by atoms with Crippen LogP contribution in [0.1, 0.15) is 22.4 Å². The number of benzene rings is 2. The van der Waals surface area contributed by atoms with Crippen molar-refractivity contribution in [2.75, 3.05) is 13.2 Å². The smallest absolute Gasteiger partial charge is 0.162 e. The molecule has 0 spiro atoms. The van der Waals surface area contributed by atoms with Gasteiger partial charge in [0, 0.05) is 22.0 Å². The summed E-state index contributed by atoms with van der Waals surface area (Å²) in [4.78, 5) is -0.0160. The number of halogens is 3. The van der Waals surface area contributed by atoms with Gasteiger partial charge in [-0.05, 0) is 23.3 Å². The van der Waals surface area contributed by atoms with Gasteiger partial charge in [-0.15, -0.1) is 0 Å². The Morgan fingerprint density at radius 2 is 1.67 bits per heavy atom. The molecule has 3 rings (SSSR count). The van der Waals surface area contributed by atoms with E-state index < -0.39 is 0 Å². The molecule has 110 valence electrons. The van der Waals surface area contributed by atoms with Crippen LogP contribution in [0.3, 0.4) is 0 Å². The lowest BCUT2D eigenvalue weighted by molar-refractivity contribution is 0.297. The van der Waals surface area contributed by atoms with E-state index in [2.05, 4.69) is 37.9 Å². The van der Waals surface area contributed by atoms with Crippen molar-refractivity contribution in [3.05, 3.63) is 57.0 Å². The van der Waals surface area contributed by atoms with E-state index in [4.69, 9.17) is 21.1 Å². The highest BCUT2D eigenvalue weighted by atomic mass is 79.9. The van der Waals surface area contributed by atoms with Crippen LogP contribution in [0.2, 0.25) is 5.02 Å². The quantitative estimate of drug-likeness (QED) is 0.563. The van der Waals surface area contributed by atoms with Crippen molar-refractivity contribution < 1.29 is 9.47 Å². The molecular formula is C16H13Br2ClO2. The molecule has 1 aliphatic rings. The van der Waals surface area contributed by atoms with Crippen molar-refractivity contribution in [2.24, 2.45) is 0 Å². The summed E-state index contributed by atoms with van der Waals surface area (Å²) in [6.07, 6.45) is 0.879. The number of ether oxygens (including phenoxy) is 2. The van der Waals surface area contributed by atoms with Gasteiger partial charge in [0.2, 0.25) is 0 Å². The van der Waals surface area contributed by atoms with Crippen LogP contribution in [-0.2, 0) is 0 Å². The average molecular weight is 433 g/mol. The van der Waals surface area contributed by atoms with Crippen molar-refractivity contribution in [3.63, 3.8) is 0 Å². The molecule has 0 fully saturated rings. The Balaban J connectivity index is 2.02. The first-order chi connectivity index (χ1) is 10.2. The molecule has 1 heterocycles. The lowest BCUT2D eigenvalue weighted by Crippen LogP contribution is -1.98. The normalized spacial score (nSPS) is 15.4. The van der Waals surface area contributed by atoms with E-state index >= 15 is 0 Å². The Morgan fingerprint density at radius 3 is 2.38 bits per heavy atom. The maximum atomic E-state index is 6.43. The van der Waals surface area contributed by atoms with Crippen molar-refractivity contribution in [3.8, 4) is 11.5 Å². The van der Waals surface area contributed by atoms with Crippen LogP contribution in [0.15, 0.2) is 40.9 Å². The van der Waals surface area contributed by atoms with Crippen molar-refractivity contribution in [2.45, 2.75) is 11.2 Å². The highest BCUT2D eigenvalue weighted by Crippen LogP contribution is 2.43. The number of rotatable bonds is 2. The first-order valence-electron chi connectivity index (χ1n) is 6.64. The summed E-state index contributed by atoms with van der Waals surface area (Å²) in [6.45, 7) is 1.32. The summed E-state index contributed by atoms with van der Waals surface area (Å²) in [5, 5.41) is 0.664. The van der Waals surface area contributed by atoms with Crippen LogP contribution < -0.4 is 9.47 Å². The molecule has 5 heteroatoms. The summed E-state index contributed by atoms with van der Waals surface area (Å²) in [7, 11) is 0. The Hall–Kier alpha value is -0.710. The van der Waals surface area contributed by atoms with Gasteiger partial charge in [0.05, 0.1) is 18.0 Å². The van der Waals surface area contributed by atoms with E-state index in [0.717, 1.165) is 27.8 Å². The highest BCUT2D eigenvalue weighted by Gasteiger charge is 2.20. The zero-order valence-electron chi connectivity index (χ0n) is 11.1. The van der Waals surface area contributed by atoms with Crippen LogP contribution in [0.4, 0.5) is 0 Å². The van der Waals surface area contributed by atoms with Crippen LogP contribution >= 0.6 is 43.5 Å². The molecule has 2 aromatic carbocycles. The minimum atomic E-state index is -0.0160. The van der Waals surface area contributed by atoms with Gasteiger partial charge in [0.15, 0.2) is 11.5 Å². The Morgan fingerprint density at radius 1 is 1.00 bits per heavy atom. The molecule has 0 N–H and O–H groups in total. The fraction of sp³-hybridized carbons (Fsp3) is 0.250. The fourth-order valence-electron chi connectivity index (χ4n) is 2.24. The van der Waals surface area contributed by atoms with E-state index in [9.17, 15) is 0 Å². The molecule has 1 aliphatic heterocycles. The molecule has 1 unspecified atom stereocenters. The van der Waals surface area contributed by atoms with Crippen molar-refractivity contribution >= 4 is 43.5 Å². The maximum absolute atomic E-state index is 6.43. The second kappa shape index (κ2) is 6.59. The van der Waals surface area contributed by atoms with Gasteiger partial charge in [0.1, 0.15) is 0 Å². The van der Waals surface area contributed by atoms with Crippen LogP contribution in [0.25, 0.3) is 0 Å². The molecule has 1 atom stereocenters. The van der Waals surface area contributed by atoms with Crippen LogP contribution in [0.5, 0.6) is 11.5 Å². The number of hydrogen-bond donors (Lipinski definition) is 0. The Labute approximate surface area is 145 Å². The molecule has 2 aromatic rings. The molecule has 0 bridgehead atoms. The Kier molecular flexibility index (Phi) is 4.77. The first kappa shape index (κ1) is 15.2. The Bertz CT molecular complexity index is 661. The third-order valence-electron chi connectivity index (χ3n) is 3.32. The molecule has 2 nitrogen and oxygen atoms in total. The third-order valence-corrected chi connectivity index (χ3v) is 5.35. The minimum absolute atomic E-state index is 0.0160. The zero-order chi connectivity index (χ0) is 14.8. The molecule has 0 aromatic heterocycles. The van der Waals surface area contributed by atoms with Crippen LogP contribution in [0, 0.1) is 0 Å². The fourth-order valence-corrected chi connectivity index (χ4v) is 4.24.